The van der Waals surface area contributed by atoms with E-state index in [0.717, 1.165) is 45.0 Å². The molecule has 0 atom stereocenters. The quantitative estimate of drug-likeness (QED) is 0.228. The molecular weight excluding hydrogens is 504 g/mol. The number of nitrogens with one attached hydrogen (secondary N) is 2. The number of Topliss-reactive ketones (excluding diaryl/α,β-unsaturated/α-hetero) is 1. The van der Waals surface area contributed by atoms with Gasteiger partial charge in [0.15, 0.2) is 17.3 Å². The predicted octanol–water partition coefficient (Wildman–Crippen LogP) is 6.68. The van der Waals surface area contributed by atoms with E-state index in [1.807, 2.05) is 84.8 Å². The van der Waals surface area contributed by atoms with Gasteiger partial charge in [-0.1, -0.05) is 30.3 Å². The van der Waals surface area contributed by atoms with E-state index >= 15 is 0 Å². The molecule has 5 aromatic rings. The van der Waals surface area contributed by atoms with Gasteiger partial charge in [-0.2, -0.15) is 5.10 Å². The first-order chi connectivity index (χ1) is 19.4. The average Bonchev–Trinajstić information content (AvgIpc) is 3.62. The predicted molar refractivity (Wildman–Crippen MR) is 156 cm³/mol. The zero-order chi connectivity index (χ0) is 27.6. The Balaban J connectivity index is 1.18. The van der Waals surface area contributed by atoms with Gasteiger partial charge in [-0.25, -0.2) is 0 Å². The van der Waals surface area contributed by atoms with Crippen molar-refractivity contribution in [2.45, 2.75) is 6.92 Å². The normalized spacial score (nSPS) is 12.2. The second-order valence-electron chi connectivity index (χ2n) is 9.49. The van der Waals surface area contributed by atoms with Crippen molar-refractivity contribution in [3.05, 3.63) is 107 Å². The molecule has 0 aliphatic carbocycles. The molecule has 0 fully saturated rings. The van der Waals surface area contributed by atoms with Crippen molar-refractivity contribution >= 4 is 51.8 Å². The second-order valence-corrected chi connectivity index (χ2v) is 9.49. The van der Waals surface area contributed by atoms with Crippen molar-refractivity contribution < 1.29 is 19.1 Å². The van der Waals surface area contributed by atoms with E-state index in [1.54, 1.807) is 24.3 Å². The van der Waals surface area contributed by atoms with Gasteiger partial charge >= 0.3 is 0 Å². The maximum atomic E-state index is 12.8. The van der Waals surface area contributed by atoms with E-state index in [2.05, 4.69) is 15.5 Å². The first kappa shape index (κ1) is 24.9. The number of carbonyl (C=O) groups excluding carboxylic acids is 2. The fourth-order valence-corrected chi connectivity index (χ4v) is 4.58. The Bertz CT molecular complexity index is 1790. The number of H-pyrrole nitrogens is 1. The highest BCUT2D eigenvalue weighted by Crippen LogP contribution is 2.33. The number of amides is 1. The van der Waals surface area contributed by atoms with Gasteiger partial charge in [-0.05, 0) is 79.2 Å². The van der Waals surface area contributed by atoms with E-state index in [4.69, 9.17) is 9.47 Å². The van der Waals surface area contributed by atoms with Crippen molar-refractivity contribution in [3.63, 3.8) is 0 Å². The number of ether oxygens (including phenoxy) is 2. The van der Waals surface area contributed by atoms with Crippen molar-refractivity contribution in [2.75, 3.05) is 24.1 Å². The summed E-state index contributed by atoms with van der Waals surface area (Å²) in [6, 6.07) is 26.2. The number of benzene rings is 4. The van der Waals surface area contributed by atoms with Gasteiger partial charge in [-0.3, -0.25) is 14.7 Å². The molecule has 1 aliphatic rings. The van der Waals surface area contributed by atoms with Crippen LogP contribution in [0, 0.1) is 0 Å². The summed E-state index contributed by atoms with van der Waals surface area (Å²) in [4.78, 5) is 26.5. The number of fused-ring (bicyclic) bond motifs is 2. The fourth-order valence-electron chi connectivity index (χ4n) is 4.58. The lowest BCUT2D eigenvalue weighted by molar-refractivity contribution is 0.101. The molecule has 0 saturated carbocycles. The number of nitrogens with zero attached hydrogens (tertiary/aromatic N) is 2. The summed E-state index contributed by atoms with van der Waals surface area (Å²) in [6.45, 7) is 1.73. The van der Waals surface area contributed by atoms with Gasteiger partial charge in [0.2, 0.25) is 6.79 Å². The van der Waals surface area contributed by atoms with Crippen LogP contribution in [0.5, 0.6) is 11.5 Å². The van der Waals surface area contributed by atoms with Gasteiger partial charge in [-0.15, -0.1) is 0 Å². The van der Waals surface area contributed by atoms with E-state index in [9.17, 15) is 9.59 Å². The molecule has 1 aliphatic heterocycles. The maximum Gasteiger partial charge on any atom is 0.255 e. The summed E-state index contributed by atoms with van der Waals surface area (Å²) in [5.41, 5.74) is 6.18. The topological polar surface area (TPSA) is 96.6 Å². The van der Waals surface area contributed by atoms with Crippen LogP contribution in [0.1, 0.15) is 38.9 Å². The largest absolute Gasteiger partial charge is 0.454 e. The average molecular weight is 531 g/mol. The molecule has 2 N–H and O–H groups in total. The smallest absolute Gasteiger partial charge is 0.255 e. The lowest BCUT2D eigenvalue weighted by Crippen LogP contribution is -2.14. The summed E-state index contributed by atoms with van der Waals surface area (Å²) in [6.07, 6.45) is 3.96. The highest BCUT2D eigenvalue weighted by Gasteiger charge is 2.14. The highest BCUT2D eigenvalue weighted by molar-refractivity contribution is 6.06. The molecule has 0 radical (unpaired) electrons. The van der Waals surface area contributed by atoms with Gasteiger partial charge in [0.25, 0.3) is 5.91 Å². The minimum atomic E-state index is -0.275. The molecule has 8 nitrogen and oxygen atoms in total. The molecule has 4 aromatic carbocycles. The Hall–Kier alpha value is -5.37. The Kier molecular flexibility index (Phi) is 6.49. The van der Waals surface area contributed by atoms with Crippen LogP contribution in [0.4, 0.5) is 17.1 Å². The van der Waals surface area contributed by atoms with Gasteiger partial charge in [0.1, 0.15) is 0 Å². The van der Waals surface area contributed by atoms with Crippen LogP contribution in [0.2, 0.25) is 0 Å². The van der Waals surface area contributed by atoms with Crippen LogP contribution >= 0.6 is 0 Å². The molecule has 6 rings (SSSR count). The molecule has 1 amide bonds. The second kappa shape index (κ2) is 10.4. The Morgan fingerprint density at radius 2 is 1.68 bits per heavy atom. The van der Waals surface area contributed by atoms with Crippen molar-refractivity contribution in [1.29, 1.82) is 0 Å². The zero-order valence-electron chi connectivity index (χ0n) is 22.0. The van der Waals surface area contributed by atoms with Crippen LogP contribution in [-0.2, 0) is 0 Å². The van der Waals surface area contributed by atoms with Crippen molar-refractivity contribution in [1.82, 2.24) is 10.2 Å². The lowest BCUT2D eigenvalue weighted by atomic mass is 10.1. The molecule has 40 heavy (non-hydrogen) atoms. The number of hydrogen-bond donors (Lipinski definition) is 2. The SMILES string of the molecule is CC(=O)c1cccc(C(=O)Nc2cccc(N(C)c3ccc4c(C=Cc5ccc6c(c5)OCO6)n[nH]c4c3)c2)c1. The first-order valence-electron chi connectivity index (χ1n) is 12.8. The molecule has 8 heteroatoms. The van der Waals surface area contributed by atoms with E-state index < -0.39 is 0 Å². The molecule has 0 spiro atoms. The van der Waals surface area contributed by atoms with Gasteiger partial charge in [0, 0.05) is 40.6 Å². The molecule has 1 aromatic heterocycles. The van der Waals surface area contributed by atoms with E-state index in [0.29, 0.717) is 16.8 Å². The van der Waals surface area contributed by atoms with E-state index in [-0.39, 0.29) is 18.5 Å². The minimum absolute atomic E-state index is 0.0830. The standard InChI is InChI=1S/C32H26N4O4/c1-20(37)22-5-3-6-23(16-22)32(38)33-24-7-4-8-25(17-24)36(2)26-11-12-27-28(34-35-29(27)18-26)13-9-21-10-14-30-31(15-21)40-19-39-30/h3-18H,19H2,1-2H3,(H,33,38)(H,34,35). The Morgan fingerprint density at radius 1 is 0.875 bits per heavy atom. The number of anilines is 3. The molecule has 0 saturated heterocycles. The fraction of sp³-hybridized carbons (Fsp3) is 0.0938. The first-order valence-corrected chi connectivity index (χ1v) is 12.8. The number of aromatic amines is 1. The molecule has 0 bridgehead atoms. The van der Waals surface area contributed by atoms with Gasteiger partial charge in [0.05, 0.1) is 11.2 Å². The summed E-state index contributed by atoms with van der Waals surface area (Å²) in [5.74, 6) is 1.14. The number of ketones is 1. The number of rotatable bonds is 7. The summed E-state index contributed by atoms with van der Waals surface area (Å²) >= 11 is 0. The molecule has 0 unspecified atom stereocenters. The Morgan fingerprint density at radius 3 is 2.55 bits per heavy atom. The van der Waals surface area contributed by atoms with Gasteiger partial charge < -0.3 is 19.7 Å². The van der Waals surface area contributed by atoms with Crippen LogP contribution in [0.3, 0.4) is 0 Å². The number of carbonyl (C=O) groups is 2. The monoisotopic (exact) mass is 530 g/mol. The third kappa shape index (κ3) is 5.02. The van der Waals surface area contributed by atoms with Crippen LogP contribution in [0.15, 0.2) is 84.9 Å². The lowest BCUT2D eigenvalue weighted by Gasteiger charge is -2.20. The highest BCUT2D eigenvalue weighted by atomic mass is 16.7. The summed E-state index contributed by atoms with van der Waals surface area (Å²) in [5, 5.41) is 11.6. The van der Waals surface area contributed by atoms with Crippen LogP contribution in [-0.4, -0.2) is 35.7 Å². The maximum absolute atomic E-state index is 12.8. The molecular formula is C32H26N4O4. The van der Waals surface area contributed by atoms with Crippen LogP contribution in [0.25, 0.3) is 23.1 Å². The van der Waals surface area contributed by atoms with E-state index in [1.165, 1.54) is 6.92 Å². The third-order valence-electron chi connectivity index (χ3n) is 6.82. The minimum Gasteiger partial charge on any atom is -0.454 e. The van der Waals surface area contributed by atoms with Crippen LogP contribution < -0.4 is 19.7 Å². The number of aromatic nitrogens is 2. The van der Waals surface area contributed by atoms with Crippen molar-refractivity contribution in [3.8, 4) is 11.5 Å². The number of hydrogen-bond acceptors (Lipinski definition) is 6. The third-order valence-corrected chi connectivity index (χ3v) is 6.82. The van der Waals surface area contributed by atoms with Crippen molar-refractivity contribution in [2.24, 2.45) is 0 Å². The summed E-state index contributed by atoms with van der Waals surface area (Å²) < 4.78 is 10.8. The molecule has 198 valence electrons. The molecule has 2 heterocycles. The summed E-state index contributed by atoms with van der Waals surface area (Å²) in [7, 11) is 1.97. The Labute approximate surface area is 230 Å². The zero-order valence-corrected chi connectivity index (χ0v) is 22.0.